The molecule has 2 aromatic rings. The van der Waals surface area contributed by atoms with E-state index in [9.17, 15) is 18.0 Å². The molecule has 1 aliphatic heterocycles. The minimum Gasteiger partial charge on any atom is -0.369 e. The first kappa shape index (κ1) is 19.9. The van der Waals surface area contributed by atoms with Crippen molar-refractivity contribution in [1.82, 2.24) is 4.90 Å². The van der Waals surface area contributed by atoms with Crippen LogP contribution in [-0.4, -0.2) is 44.0 Å². The van der Waals surface area contributed by atoms with Gasteiger partial charge in [-0.2, -0.15) is 13.2 Å². The third kappa shape index (κ3) is 5.36. The Labute approximate surface area is 162 Å². The number of nitrogens with zero attached hydrogens (tertiary/aromatic N) is 2. The molecule has 0 aromatic heterocycles. The number of alkyl halides is 3. The molecule has 1 N–H and O–H groups in total. The van der Waals surface area contributed by atoms with E-state index in [1.807, 2.05) is 24.3 Å². The molecule has 1 aliphatic rings. The van der Waals surface area contributed by atoms with Gasteiger partial charge in [-0.25, -0.2) is 0 Å². The number of likely N-dealkylation sites (N-methyl/N-ethyl adjacent to an activating group) is 1. The van der Waals surface area contributed by atoms with Crippen LogP contribution >= 0.6 is 0 Å². The first-order chi connectivity index (χ1) is 13.3. The lowest BCUT2D eigenvalue weighted by Crippen LogP contribution is -2.44. The number of carbonyl (C=O) groups is 1. The second-order valence-corrected chi connectivity index (χ2v) is 6.78. The van der Waals surface area contributed by atoms with E-state index >= 15 is 0 Å². The fourth-order valence-corrected chi connectivity index (χ4v) is 2.96. The van der Waals surface area contributed by atoms with Crippen LogP contribution in [0.1, 0.15) is 11.1 Å². The molecule has 148 valence electrons. The third-order valence-corrected chi connectivity index (χ3v) is 4.67. The van der Waals surface area contributed by atoms with Crippen LogP contribution in [0.4, 0.5) is 24.5 Å². The molecule has 0 aliphatic carbocycles. The number of amides is 1. The van der Waals surface area contributed by atoms with Crippen LogP contribution in [0.15, 0.2) is 54.6 Å². The average molecular weight is 389 g/mol. The smallest absolute Gasteiger partial charge is 0.369 e. The Kier molecular flexibility index (Phi) is 6.04. The van der Waals surface area contributed by atoms with Crippen LogP contribution in [-0.2, 0) is 11.0 Å². The molecule has 1 heterocycles. The van der Waals surface area contributed by atoms with Crippen molar-refractivity contribution in [2.24, 2.45) is 0 Å². The SMILES string of the molecule is CN1CCN(c2ccc(NC(=O)/C=C/c3ccc(C(F)(F)F)cc3)cc2)CC1. The zero-order valence-electron chi connectivity index (χ0n) is 15.5. The summed E-state index contributed by atoms with van der Waals surface area (Å²) < 4.78 is 37.7. The summed E-state index contributed by atoms with van der Waals surface area (Å²) in [5, 5.41) is 2.75. The number of carbonyl (C=O) groups excluding carboxylic acids is 1. The van der Waals surface area contributed by atoms with Crippen molar-refractivity contribution in [1.29, 1.82) is 0 Å². The number of benzene rings is 2. The minimum absolute atomic E-state index is 0.341. The highest BCUT2D eigenvalue weighted by Gasteiger charge is 2.29. The highest BCUT2D eigenvalue weighted by atomic mass is 19.4. The maximum atomic E-state index is 12.6. The summed E-state index contributed by atoms with van der Waals surface area (Å²) >= 11 is 0. The van der Waals surface area contributed by atoms with Crippen molar-refractivity contribution in [3.05, 3.63) is 65.7 Å². The fourth-order valence-electron chi connectivity index (χ4n) is 2.96. The normalized spacial score (nSPS) is 15.8. The van der Waals surface area contributed by atoms with Gasteiger partial charge in [-0.15, -0.1) is 0 Å². The van der Waals surface area contributed by atoms with E-state index in [4.69, 9.17) is 0 Å². The van der Waals surface area contributed by atoms with E-state index < -0.39 is 11.7 Å². The fraction of sp³-hybridized carbons (Fsp3) is 0.286. The Morgan fingerprint density at radius 3 is 2.14 bits per heavy atom. The Morgan fingerprint density at radius 2 is 1.57 bits per heavy atom. The van der Waals surface area contributed by atoms with Gasteiger partial charge in [0.1, 0.15) is 0 Å². The van der Waals surface area contributed by atoms with E-state index in [-0.39, 0.29) is 5.91 Å². The summed E-state index contributed by atoms with van der Waals surface area (Å²) in [6, 6.07) is 12.3. The molecule has 3 rings (SSSR count). The van der Waals surface area contributed by atoms with Crippen molar-refractivity contribution in [3.8, 4) is 0 Å². The van der Waals surface area contributed by atoms with Gasteiger partial charge in [0, 0.05) is 43.6 Å². The second-order valence-electron chi connectivity index (χ2n) is 6.78. The molecular weight excluding hydrogens is 367 g/mol. The molecule has 1 saturated heterocycles. The second kappa shape index (κ2) is 8.48. The minimum atomic E-state index is -4.37. The van der Waals surface area contributed by atoms with Crippen LogP contribution in [0.25, 0.3) is 6.08 Å². The van der Waals surface area contributed by atoms with Crippen molar-refractivity contribution < 1.29 is 18.0 Å². The molecule has 28 heavy (non-hydrogen) atoms. The van der Waals surface area contributed by atoms with Gasteiger partial charge in [0.05, 0.1) is 5.56 Å². The van der Waals surface area contributed by atoms with E-state index in [1.165, 1.54) is 24.3 Å². The maximum absolute atomic E-state index is 12.6. The molecule has 4 nitrogen and oxygen atoms in total. The standard InChI is InChI=1S/C21H22F3N3O/c1-26-12-14-27(15-13-26)19-9-7-18(8-10-19)25-20(28)11-4-16-2-5-17(6-3-16)21(22,23)24/h2-11H,12-15H2,1H3,(H,25,28)/b11-4+. The first-order valence-electron chi connectivity index (χ1n) is 9.01. The van der Waals surface area contributed by atoms with Gasteiger partial charge in [-0.05, 0) is 55.1 Å². The van der Waals surface area contributed by atoms with Gasteiger partial charge in [0.25, 0.3) is 0 Å². The van der Waals surface area contributed by atoms with E-state index in [0.29, 0.717) is 11.3 Å². The van der Waals surface area contributed by atoms with Gasteiger partial charge in [0.15, 0.2) is 0 Å². The van der Waals surface area contributed by atoms with E-state index in [2.05, 4.69) is 22.2 Å². The summed E-state index contributed by atoms with van der Waals surface area (Å²) in [4.78, 5) is 16.6. The van der Waals surface area contributed by atoms with Crippen LogP contribution in [0.5, 0.6) is 0 Å². The Bertz CT molecular complexity index is 821. The van der Waals surface area contributed by atoms with Crippen molar-refractivity contribution in [3.63, 3.8) is 0 Å². The summed E-state index contributed by atoms with van der Waals surface area (Å²) in [5.41, 5.74) is 1.59. The predicted molar refractivity (Wildman–Crippen MR) is 105 cm³/mol. The number of rotatable bonds is 4. The number of anilines is 2. The quantitative estimate of drug-likeness (QED) is 0.800. The molecule has 1 fully saturated rings. The maximum Gasteiger partial charge on any atom is 0.416 e. The highest BCUT2D eigenvalue weighted by molar-refractivity contribution is 6.02. The zero-order valence-corrected chi connectivity index (χ0v) is 15.5. The lowest BCUT2D eigenvalue weighted by molar-refractivity contribution is -0.137. The Morgan fingerprint density at radius 1 is 0.964 bits per heavy atom. The lowest BCUT2D eigenvalue weighted by atomic mass is 10.1. The van der Waals surface area contributed by atoms with Crippen LogP contribution in [0.2, 0.25) is 0 Å². The summed E-state index contributed by atoms with van der Waals surface area (Å²) in [7, 11) is 2.11. The highest BCUT2D eigenvalue weighted by Crippen LogP contribution is 2.29. The van der Waals surface area contributed by atoms with Crippen LogP contribution < -0.4 is 10.2 Å². The van der Waals surface area contributed by atoms with Crippen molar-refractivity contribution >= 4 is 23.4 Å². The molecule has 2 aromatic carbocycles. The van der Waals surface area contributed by atoms with Gasteiger partial charge in [0.2, 0.25) is 5.91 Å². The summed E-state index contributed by atoms with van der Waals surface area (Å²) in [6.45, 7) is 3.98. The molecule has 0 unspecified atom stereocenters. The van der Waals surface area contributed by atoms with Crippen LogP contribution in [0.3, 0.4) is 0 Å². The van der Waals surface area contributed by atoms with Gasteiger partial charge in [-0.1, -0.05) is 12.1 Å². The Hall–Kier alpha value is -2.80. The topological polar surface area (TPSA) is 35.6 Å². The largest absolute Gasteiger partial charge is 0.416 e. The Balaban J connectivity index is 1.55. The summed E-state index contributed by atoms with van der Waals surface area (Å²) in [6.07, 6.45) is -1.58. The van der Waals surface area contributed by atoms with E-state index in [1.54, 1.807) is 0 Å². The predicted octanol–water partition coefficient (Wildman–Crippen LogP) is 4.11. The molecule has 0 spiro atoms. The molecule has 0 atom stereocenters. The zero-order chi connectivity index (χ0) is 20.1. The lowest BCUT2D eigenvalue weighted by Gasteiger charge is -2.34. The number of hydrogen-bond acceptors (Lipinski definition) is 3. The van der Waals surface area contributed by atoms with Crippen molar-refractivity contribution in [2.75, 3.05) is 43.4 Å². The van der Waals surface area contributed by atoms with Crippen molar-refractivity contribution in [2.45, 2.75) is 6.18 Å². The number of hydrogen-bond donors (Lipinski definition) is 1. The summed E-state index contributed by atoms with van der Waals surface area (Å²) in [5.74, 6) is -0.341. The number of halogens is 3. The average Bonchev–Trinajstić information content (AvgIpc) is 2.67. The molecule has 1 amide bonds. The molecule has 0 saturated carbocycles. The molecule has 0 radical (unpaired) electrons. The van der Waals surface area contributed by atoms with Gasteiger partial charge in [-0.3, -0.25) is 4.79 Å². The third-order valence-electron chi connectivity index (χ3n) is 4.67. The monoisotopic (exact) mass is 389 g/mol. The first-order valence-corrected chi connectivity index (χ1v) is 9.01. The molecule has 0 bridgehead atoms. The van der Waals surface area contributed by atoms with Crippen LogP contribution in [0, 0.1) is 0 Å². The van der Waals surface area contributed by atoms with E-state index in [0.717, 1.165) is 44.0 Å². The van der Waals surface area contributed by atoms with Gasteiger partial charge < -0.3 is 15.1 Å². The molecular formula is C21H22F3N3O. The van der Waals surface area contributed by atoms with Gasteiger partial charge >= 0.3 is 6.18 Å². The number of piperazine rings is 1. The number of nitrogens with one attached hydrogen (secondary N) is 1. The molecule has 7 heteroatoms.